The second-order valence-electron chi connectivity index (χ2n) is 5.52. The molecule has 0 aromatic heterocycles. The van der Waals surface area contributed by atoms with Crippen LogP contribution in [0.3, 0.4) is 0 Å². The van der Waals surface area contributed by atoms with Gasteiger partial charge in [-0.1, -0.05) is 29.8 Å². The van der Waals surface area contributed by atoms with Crippen molar-refractivity contribution in [3.05, 3.63) is 59.3 Å². The van der Waals surface area contributed by atoms with Crippen LogP contribution in [0.2, 0.25) is 0 Å². The molecule has 6 nitrogen and oxygen atoms in total. The highest BCUT2D eigenvalue weighted by Gasteiger charge is 2.24. The van der Waals surface area contributed by atoms with Crippen LogP contribution in [0.25, 0.3) is 0 Å². The van der Waals surface area contributed by atoms with E-state index in [0.717, 1.165) is 11.1 Å². The SMILES string of the molecule is Cc1cccc(CNC(=O)C2=CN3CCS(=O)(=O)N=C3C=C2)c1. The third-order valence-electron chi connectivity index (χ3n) is 3.62. The van der Waals surface area contributed by atoms with Gasteiger partial charge in [0.05, 0.1) is 11.3 Å². The molecule has 0 atom stereocenters. The van der Waals surface area contributed by atoms with Gasteiger partial charge in [-0.2, -0.15) is 0 Å². The minimum Gasteiger partial charge on any atom is -0.348 e. The van der Waals surface area contributed by atoms with Crippen molar-refractivity contribution in [1.29, 1.82) is 0 Å². The molecule has 0 bridgehead atoms. The minimum atomic E-state index is -3.38. The summed E-state index contributed by atoms with van der Waals surface area (Å²) in [6, 6.07) is 7.93. The highest BCUT2D eigenvalue weighted by molar-refractivity contribution is 7.90. The second kappa shape index (κ2) is 6.00. The molecule has 0 saturated heterocycles. The summed E-state index contributed by atoms with van der Waals surface area (Å²) in [4.78, 5) is 13.9. The molecule has 1 aromatic rings. The Bertz CT molecular complexity index is 838. The molecule has 0 saturated carbocycles. The number of fused-ring (bicyclic) bond motifs is 1. The molecule has 2 aliphatic heterocycles. The molecule has 1 N–H and O–H groups in total. The van der Waals surface area contributed by atoms with Crippen LogP contribution in [-0.4, -0.2) is 37.4 Å². The zero-order chi connectivity index (χ0) is 16.4. The van der Waals surface area contributed by atoms with E-state index in [1.165, 1.54) is 0 Å². The minimum absolute atomic E-state index is 0.0426. The van der Waals surface area contributed by atoms with E-state index in [2.05, 4.69) is 9.71 Å². The largest absolute Gasteiger partial charge is 0.348 e. The fourth-order valence-electron chi connectivity index (χ4n) is 2.44. The number of aryl methyl sites for hydroxylation is 1. The normalized spacial score (nSPS) is 18.7. The van der Waals surface area contributed by atoms with Gasteiger partial charge in [0.2, 0.25) is 0 Å². The van der Waals surface area contributed by atoms with E-state index < -0.39 is 10.0 Å². The van der Waals surface area contributed by atoms with E-state index >= 15 is 0 Å². The standard InChI is InChI=1S/C16H17N3O3S/c1-12-3-2-4-13(9-12)10-17-16(20)14-5-6-15-18-23(21,22)8-7-19(15)11-14/h2-6,9,11H,7-8,10H2,1H3,(H,17,20). The Kier molecular flexibility index (Phi) is 4.04. The lowest BCUT2D eigenvalue weighted by Crippen LogP contribution is -2.38. The highest BCUT2D eigenvalue weighted by Crippen LogP contribution is 2.16. The van der Waals surface area contributed by atoms with Gasteiger partial charge in [0, 0.05) is 19.3 Å². The maximum atomic E-state index is 12.2. The Hall–Kier alpha value is -2.41. The molecule has 23 heavy (non-hydrogen) atoms. The van der Waals surface area contributed by atoms with Crippen LogP contribution in [0, 0.1) is 6.92 Å². The molecule has 0 fully saturated rings. The molecular formula is C16H17N3O3S. The topological polar surface area (TPSA) is 78.8 Å². The Morgan fingerprint density at radius 2 is 2.17 bits per heavy atom. The van der Waals surface area contributed by atoms with Crippen molar-refractivity contribution >= 4 is 21.8 Å². The van der Waals surface area contributed by atoms with Gasteiger partial charge in [0.1, 0.15) is 5.84 Å². The average molecular weight is 331 g/mol. The van der Waals surface area contributed by atoms with Crippen molar-refractivity contribution < 1.29 is 13.2 Å². The number of sulfonamides is 1. The first-order chi connectivity index (χ1) is 10.9. The summed E-state index contributed by atoms with van der Waals surface area (Å²) in [6.07, 6.45) is 4.78. The van der Waals surface area contributed by atoms with E-state index in [-0.39, 0.29) is 11.7 Å². The van der Waals surface area contributed by atoms with Gasteiger partial charge in [-0.15, -0.1) is 4.40 Å². The van der Waals surface area contributed by atoms with E-state index in [4.69, 9.17) is 0 Å². The number of benzene rings is 1. The van der Waals surface area contributed by atoms with E-state index in [1.807, 2.05) is 31.2 Å². The first kappa shape index (κ1) is 15.5. The molecule has 1 amide bonds. The molecule has 2 heterocycles. The number of hydrogen-bond donors (Lipinski definition) is 1. The summed E-state index contributed by atoms with van der Waals surface area (Å²) in [5.74, 6) is 0.112. The molecule has 0 unspecified atom stereocenters. The van der Waals surface area contributed by atoms with Crippen LogP contribution in [0.15, 0.2) is 52.6 Å². The number of nitrogens with zero attached hydrogens (tertiary/aromatic N) is 2. The van der Waals surface area contributed by atoms with E-state index in [0.29, 0.717) is 24.5 Å². The molecular weight excluding hydrogens is 314 g/mol. The molecule has 0 radical (unpaired) electrons. The van der Waals surface area contributed by atoms with Gasteiger partial charge in [0.15, 0.2) is 0 Å². The monoisotopic (exact) mass is 331 g/mol. The van der Waals surface area contributed by atoms with Gasteiger partial charge in [-0.25, -0.2) is 8.42 Å². The zero-order valence-electron chi connectivity index (χ0n) is 12.7. The first-order valence-electron chi connectivity index (χ1n) is 7.26. The van der Waals surface area contributed by atoms with E-state index in [1.54, 1.807) is 23.3 Å². The summed E-state index contributed by atoms with van der Waals surface area (Å²) in [5.41, 5.74) is 2.66. The Morgan fingerprint density at radius 3 is 2.96 bits per heavy atom. The maximum absolute atomic E-state index is 12.2. The summed E-state index contributed by atoms with van der Waals surface area (Å²) >= 11 is 0. The number of carbonyl (C=O) groups is 1. The van der Waals surface area contributed by atoms with Crippen molar-refractivity contribution in [2.24, 2.45) is 4.40 Å². The average Bonchev–Trinajstić information content (AvgIpc) is 2.51. The molecule has 0 aliphatic carbocycles. The van der Waals surface area contributed by atoms with Crippen LogP contribution in [0.1, 0.15) is 11.1 Å². The second-order valence-corrected chi connectivity index (χ2v) is 7.27. The first-order valence-corrected chi connectivity index (χ1v) is 8.87. The number of carbonyl (C=O) groups excluding carboxylic acids is 1. The quantitative estimate of drug-likeness (QED) is 0.900. The summed E-state index contributed by atoms with van der Waals surface area (Å²) < 4.78 is 26.6. The van der Waals surface area contributed by atoms with E-state index in [9.17, 15) is 13.2 Å². The summed E-state index contributed by atoms with van der Waals surface area (Å²) in [7, 11) is -3.38. The van der Waals surface area contributed by atoms with Crippen LogP contribution in [-0.2, 0) is 21.4 Å². The van der Waals surface area contributed by atoms with Crippen LogP contribution >= 0.6 is 0 Å². The fourth-order valence-corrected chi connectivity index (χ4v) is 3.41. The lowest BCUT2D eigenvalue weighted by Gasteiger charge is -2.26. The van der Waals surface area contributed by atoms with Crippen molar-refractivity contribution in [2.45, 2.75) is 13.5 Å². The Balaban J connectivity index is 1.68. The summed E-state index contributed by atoms with van der Waals surface area (Å²) in [5, 5.41) is 2.86. The Morgan fingerprint density at radius 1 is 1.35 bits per heavy atom. The predicted molar refractivity (Wildman–Crippen MR) is 88.2 cm³/mol. The van der Waals surface area contributed by atoms with Crippen molar-refractivity contribution in [3.8, 4) is 0 Å². The molecule has 1 aromatic carbocycles. The number of nitrogens with one attached hydrogen (secondary N) is 1. The lowest BCUT2D eigenvalue weighted by atomic mass is 10.1. The Labute approximate surface area is 135 Å². The molecule has 0 spiro atoms. The smallest absolute Gasteiger partial charge is 0.256 e. The van der Waals surface area contributed by atoms with Gasteiger partial charge in [-0.05, 0) is 24.6 Å². The predicted octanol–water partition coefficient (Wildman–Crippen LogP) is 1.11. The van der Waals surface area contributed by atoms with Crippen molar-refractivity contribution in [1.82, 2.24) is 10.2 Å². The van der Waals surface area contributed by atoms with Crippen molar-refractivity contribution in [2.75, 3.05) is 12.3 Å². The molecule has 7 heteroatoms. The third-order valence-corrected chi connectivity index (χ3v) is 4.79. The third kappa shape index (κ3) is 3.68. The van der Waals surface area contributed by atoms with Crippen LogP contribution in [0.4, 0.5) is 0 Å². The van der Waals surface area contributed by atoms with Gasteiger partial charge >= 0.3 is 0 Å². The maximum Gasteiger partial charge on any atom is 0.256 e. The number of amidine groups is 1. The van der Waals surface area contributed by atoms with Gasteiger partial charge < -0.3 is 10.2 Å². The highest BCUT2D eigenvalue weighted by atomic mass is 32.2. The van der Waals surface area contributed by atoms with Crippen LogP contribution in [0.5, 0.6) is 0 Å². The van der Waals surface area contributed by atoms with Gasteiger partial charge in [-0.3, -0.25) is 4.79 Å². The van der Waals surface area contributed by atoms with Gasteiger partial charge in [0.25, 0.3) is 15.9 Å². The number of rotatable bonds is 3. The number of hydrogen-bond acceptors (Lipinski definition) is 4. The van der Waals surface area contributed by atoms with Crippen LogP contribution < -0.4 is 5.32 Å². The summed E-state index contributed by atoms with van der Waals surface area (Å²) in [6.45, 7) is 2.75. The lowest BCUT2D eigenvalue weighted by molar-refractivity contribution is -0.117. The molecule has 3 rings (SSSR count). The fraction of sp³-hybridized carbons (Fsp3) is 0.250. The zero-order valence-corrected chi connectivity index (χ0v) is 13.5. The molecule has 2 aliphatic rings. The van der Waals surface area contributed by atoms with Crippen molar-refractivity contribution in [3.63, 3.8) is 0 Å². The number of amides is 1. The molecule has 120 valence electrons.